The van der Waals surface area contributed by atoms with E-state index in [1.54, 1.807) is 17.1 Å². The molecular weight excluding hydrogens is 546 g/mol. The van der Waals surface area contributed by atoms with E-state index in [-0.39, 0.29) is 12.5 Å². The Morgan fingerprint density at radius 2 is 2.02 bits per heavy atom. The monoisotopic (exact) mass is 585 g/mol. The molecule has 2 N–H and O–H groups in total. The minimum Gasteiger partial charge on any atom is -0.350 e. The number of likely N-dealkylation sites (tertiary alicyclic amines) is 1. The largest absolute Gasteiger partial charge is 0.350 e. The molecule has 1 aromatic carbocycles. The van der Waals surface area contributed by atoms with Gasteiger partial charge in [-0.3, -0.25) is 14.4 Å². The van der Waals surface area contributed by atoms with Crippen molar-refractivity contribution in [2.24, 2.45) is 5.92 Å². The molecule has 6 rings (SSSR count). The van der Waals surface area contributed by atoms with Crippen molar-refractivity contribution in [3.63, 3.8) is 0 Å². The lowest BCUT2D eigenvalue weighted by Gasteiger charge is -2.30. The molecule has 1 aliphatic heterocycles. The first kappa shape index (κ1) is 29.4. The maximum Gasteiger partial charge on any atom is 0.241 e. The molecule has 1 aliphatic rings. The molecule has 1 fully saturated rings. The van der Waals surface area contributed by atoms with Crippen molar-refractivity contribution in [1.82, 2.24) is 38.7 Å². The number of amides is 1. The summed E-state index contributed by atoms with van der Waals surface area (Å²) in [5, 5.41) is 11.4. The van der Waals surface area contributed by atoms with Crippen LogP contribution in [0.2, 0.25) is 0 Å². The second kappa shape index (κ2) is 13.7. The minimum atomic E-state index is -0.0281. The molecule has 0 saturated carbocycles. The predicted octanol–water partition coefficient (Wildman–Crippen LogP) is 5.29. The van der Waals surface area contributed by atoms with Gasteiger partial charge in [0.15, 0.2) is 11.5 Å². The first-order valence-corrected chi connectivity index (χ1v) is 15.1. The highest BCUT2D eigenvalue weighted by Crippen LogP contribution is 2.25. The van der Waals surface area contributed by atoms with E-state index in [4.69, 9.17) is 0 Å². The number of anilines is 2. The van der Waals surface area contributed by atoms with Gasteiger partial charge in [0.05, 0.1) is 17.6 Å². The van der Waals surface area contributed by atoms with Gasteiger partial charge in [-0.05, 0) is 74.8 Å². The Bertz CT molecular complexity index is 1620. The molecule has 10 nitrogen and oxygen atoms in total. The Hall–Kier alpha value is -4.09. The van der Waals surface area contributed by atoms with E-state index in [9.17, 15) is 4.79 Å². The van der Waals surface area contributed by atoms with E-state index in [1.165, 1.54) is 43.0 Å². The van der Waals surface area contributed by atoms with E-state index in [0.717, 1.165) is 51.4 Å². The van der Waals surface area contributed by atoms with Gasteiger partial charge in [0, 0.05) is 44.4 Å². The van der Waals surface area contributed by atoms with Crippen LogP contribution in [0.15, 0.2) is 61.3 Å². The molecule has 11 heteroatoms. The highest BCUT2D eigenvalue weighted by atomic mass is 32.1. The van der Waals surface area contributed by atoms with Crippen LogP contribution in [0.25, 0.3) is 5.65 Å². The fourth-order valence-corrected chi connectivity index (χ4v) is 5.80. The molecule has 1 atom stereocenters. The molecule has 42 heavy (non-hydrogen) atoms. The van der Waals surface area contributed by atoms with Crippen molar-refractivity contribution >= 4 is 33.9 Å². The molecule has 220 valence electrons. The zero-order valence-corrected chi connectivity index (χ0v) is 25.6. The number of hydrogen-bond donors (Lipinski definition) is 2. The van der Waals surface area contributed by atoms with Crippen LogP contribution in [0, 0.1) is 26.7 Å². The van der Waals surface area contributed by atoms with Gasteiger partial charge in [0.25, 0.3) is 0 Å². The highest BCUT2D eigenvalue weighted by molar-refractivity contribution is 7.10. The Labute approximate surface area is 251 Å². The standard InChI is InChI=1S/C17H22N6S.C14H17N3O/c1-12-4-3-6-22(9-12)11-14-8-15(24-21-14)20-16-17-18-5-7-23(17)10-13(2)19-16;1-11-4-3-5-13(6-11)8-15-14(18)10-17-9-12(2)7-16-17/h5,7-8,10,12H,3-4,6,9,11H2,1-2H3,(H,19,20);3-7,9H,8,10H2,1-2H3,(H,15,18). The van der Waals surface area contributed by atoms with Crippen molar-refractivity contribution in [3.05, 3.63) is 89.4 Å². The summed E-state index contributed by atoms with van der Waals surface area (Å²) in [4.78, 5) is 23.2. The highest BCUT2D eigenvalue weighted by Gasteiger charge is 2.17. The number of piperidine rings is 1. The minimum absolute atomic E-state index is 0.0281. The third-order valence-electron chi connectivity index (χ3n) is 7.06. The molecule has 4 aromatic heterocycles. The first-order valence-electron chi connectivity index (χ1n) is 14.4. The molecular formula is C31H39N9OS. The van der Waals surface area contributed by atoms with E-state index in [0.29, 0.717) is 6.54 Å². The predicted molar refractivity (Wildman–Crippen MR) is 167 cm³/mol. The van der Waals surface area contributed by atoms with Crippen molar-refractivity contribution in [3.8, 4) is 0 Å². The molecule has 0 aliphatic carbocycles. The number of aryl methyl sites for hydroxylation is 3. The van der Waals surface area contributed by atoms with Crippen molar-refractivity contribution in [2.45, 2.75) is 60.2 Å². The Morgan fingerprint density at radius 3 is 2.81 bits per heavy atom. The number of hydrogen-bond acceptors (Lipinski definition) is 8. The molecule has 1 unspecified atom stereocenters. The second-order valence-electron chi connectivity index (χ2n) is 11.2. The number of rotatable bonds is 8. The van der Waals surface area contributed by atoms with Crippen LogP contribution in [-0.2, 0) is 24.4 Å². The van der Waals surface area contributed by atoms with Crippen LogP contribution < -0.4 is 10.6 Å². The summed E-state index contributed by atoms with van der Waals surface area (Å²) in [6.07, 6.45) is 11.9. The number of carbonyl (C=O) groups is 1. The summed E-state index contributed by atoms with van der Waals surface area (Å²) in [5.74, 6) is 1.54. The average Bonchev–Trinajstić information content (AvgIpc) is 3.70. The van der Waals surface area contributed by atoms with Gasteiger partial charge in [-0.2, -0.15) is 9.47 Å². The number of aromatic nitrogens is 6. The third kappa shape index (κ3) is 8.23. The first-order chi connectivity index (χ1) is 20.3. The fourth-order valence-electron chi connectivity index (χ4n) is 5.14. The SMILES string of the molecule is Cc1cccc(CNC(=O)Cn2cc(C)cn2)c1.Cc1cn2ccnc2c(Nc2cc(CN3CCCC(C)C3)ns2)n1. The average molecular weight is 586 g/mol. The van der Waals surface area contributed by atoms with E-state index in [2.05, 4.69) is 54.0 Å². The molecule has 0 spiro atoms. The summed E-state index contributed by atoms with van der Waals surface area (Å²) in [6.45, 7) is 12.4. The molecule has 1 saturated heterocycles. The van der Waals surface area contributed by atoms with Gasteiger partial charge in [0.1, 0.15) is 11.5 Å². The van der Waals surface area contributed by atoms with Crippen LogP contribution in [-0.4, -0.2) is 52.4 Å². The third-order valence-corrected chi connectivity index (χ3v) is 7.80. The van der Waals surface area contributed by atoms with E-state index >= 15 is 0 Å². The van der Waals surface area contributed by atoms with Crippen molar-refractivity contribution in [1.29, 1.82) is 0 Å². The number of imidazole rings is 1. The number of nitrogens with one attached hydrogen (secondary N) is 2. The molecule has 5 aromatic rings. The van der Waals surface area contributed by atoms with Gasteiger partial charge in [-0.1, -0.05) is 36.8 Å². The zero-order chi connectivity index (χ0) is 29.5. The topological polar surface area (TPSA) is 105 Å². The van der Waals surface area contributed by atoms with Gasteiger partial charge >= 0.3 is 0 Å². The smallest absolute Gasteiger partial charge is 0.241 e. The van der Waals surface area contributed by atoms with Crippen LogP contribution in [0.3, 0.4) is 0 Å². The number of carbonyl (C=O) groups excluding carboxylic acids is 1. The maximum absolute atomic E-state index is 11.7. The van der Waals surface area contributed by atoms with Gasteiger partial charge in [-0.25, -0.2) is 9.97 Å². The lowest BCUT2D eigenvalue weighted by atomic mass is 10.0. The number of benzene rings is 1. The van der Waals surface area contributed by atoms with E-state index < -0.39 is 0 Å². The summed E-state index contributed by atoms with van der Waals surface area (Å²) in [7, 11) is 0. The zero-order valence-electron chi connectivity index (χ0n) is 24.7. The summed E-state index contributed by atoms with van der Waals surface area (Å²) in [5.41, 5.74) is 6.28. The quantitative estimate of drug-likeness (QED) is 0.255. The Kier molecular flexibility index (Phi) is 9.60. The van der Waals surface area contributed by atoms with Crippen LogP contribution in [0.1, 0.15) is 47.8 Å². The number of nitrogens with zero attached hydrogens (tertiary/aromatic N) is 7. The molecule has 1 amide bonds. The van der Waals surface area contributed by atoms with Crippen molar-refractivity contribution in [2.75, 3.05) is 18.4 Å². The van der Waals surface area contributed by atoms with Crippen LogP contribution in [0.5, 0.6) is 0 Å². The van der Waals surface area contributed by atoms with Gasteiger partial charge in [0.2, 0.25) is 5.91 Å². The molecule has 0 bridgehead atoms. The van der Waals surface area contributed by atoms with E-state index in [1.807, 2.05) is 62.0 Å². The lowest BCUT2D eigenvalue weighted by molar-refractivity contribution is -0.122. The molecule has 5 heterocycles. The molecule has 0 radical (unpaired) electrons. The van der Waals surface area contributed by atoms with Crippen LogP contribution >= 0.6 is 11.5 Å². The summed E-state index contributed by atoms with van der Waals surface area (Å²) < 4.78 is 8.23. The summed E-state index contributed by atoms with van der Waals surface area (Å²) >= 11 is 1.49. The normalized spacial score (nSPS) is 15.3. The maximum atomic E-state index is 11.7. The number of fused-ring (bicyclic) bond motifs is 1. The van der Waals surface area contributed by atoms with Crippen LogP contribution in [0.4, 0.5) is 10.8 Å². The summed E-state index contributed by atoms with van der Waals surface area (Å²) in [6, 6.07) is 10.2. The second-order valence-corrected chi connectivity index (χ2v) is 12.0. The Balaban J connectivity index is 0.000000176. The van der Waals surface area contributed by atoms with Gasteiger partial charge in [-0.15, -0.1) is 0 Å². The fraction of sp³-hybridized carbons (Fsp3) is 0.387. The van der Waals surface area contributed by atoms with Gasteiger partial charge < -0.3 is 15.0 Å². The lowest BCUT2D eigenvalue weighted by Crippen LogP contribution is -2.33. The Morgan fingerprint density at radius 1 is 1.14 bits per heavy atom. The van der Waals surface area contributed by atoms with Crippen molar-refractivity contribution < 1.29 is 4.79 Å².